The number of nitriles is 1. The maximum Gasteiger partial charge on any atom is 0.262 e. The van der Waals surface area contributed by atoms with Crippen molar-refractivity contribution in [2.75, 3.05) is 11.9 Å². The summed E-state index contributed by atoms with van der Waals surface area (Å²) in [7, 11) is 0. The monoisotopic (exact) mass is 418 g/mol. The molecule has 1 aliphatic carbocycles. The van der Waals surface area contributed by atoms with Gasteiger partial charge in [-0.15, -0.1) is 11.3 Å². The van der Waals surface area contributed by atoms with E-state index in [1.165, 1.54) is 4.88 Å². The van der Waals surface area contributed by atoms with Gasteiger partial charge in [0.05, 0.1) is 5.56 Å². The third kappa shape index (κ3) is 4.20. The molecule has 4 rings (SSSR count). The van der Waals surface area contributed by atoms with E-state index in [9.17, 15) is 10.1 Å². The minimum atomic E-state index is -0.245. The zero-order valence-corrected chi connectivity index (χ0v) is 18.4. The van der Waals surface area contributed by atoms with Crippen LogP contribution < -0.4 is 10.1 Å². The van der Waals surface area contributed by atoms with Gasteiger partial charge in [-0.25, -0.2) is 0 Å². The second-order valence-electron chi connectivity index (χ2n) is 8.97. The second kappa shape index (κ2) is 8.12. The number of nitrogens with one attached hydrogen (secondary N) is 1. The third-order valence-electron chi connectivity index (χ3n) is 5.95. The number of benzene rings is 2. The lowest BCUT2D eigenvalue weighted by atomic mass is 9.72. The number of anilines is 1. The molecule has 0 saturated heterocycles. The van der Waals surface area contributed by atoms with Crippen molar-refractivity contribution in [3.63, 3.8) is 0 Å². The number of fused-ring (bicyclic) bond motifs is 2. The highest BCUT2D eigenvalue weighted by Crippen LogP contribution is 2.43. The summed E-state index contributed by atoms with van der Waals surface area (Å²) < 4.78 is 5.70. The Morgan fingerprint density at radius 1 is 1.23 bits per heavy atom. The highest BCUT2D eigenvalue weighted by molar-refractivity contribution is 7.16. The van der Waals surface area contributed by atoms with Crippen LogP contribution in [0.2, 0.25) is 0 Å². The Morgan fingerprint density at radius 3 is 2.73 bits per heavy atom. The molecule has 1 heterocycles. The molecular formula is C25H26N2O2S. The molecule has 0 fully saturated rings. The summed E-state index contributed by atoms with van der Waals surface area (Å²) in [4.78, 5) is 13.8. The van der Waals surface area contributed by atoms with Gasteiger partial charge < -0.3 is 10.1 Å². The van der Waals surface area contributed by atoms with E-state index in [-0.39, 0.29) is 17.9 Å². The van der Waals surface area contributed by atoms with E-state index in [0.29, 0.717) is 22.2 Å². The van der Waals surface area contributed by atoms with Crippen LogP contribution in [-0.4, -0.2) is 12.5 Å². The van der Waals surface area contributed by atoms with Crippen molar-refractivity contribution in [3.05, 3.63) is 58.5 Å². The molecule has 0 aliphatic heterocycles. The highest BCUT2D eigenvalue weighted by atomic mass is 32.1. The van der Waals surface area contributed by atoms with Gasteiger partial charge in [0.1, 0.15) is 16.8 Å². The lowest BCUT2D eigenvalue weighted by Crippen LogP contribution is -2.26. The number of amides is 1. The van der Waals surface area contributed by atoms with Gasteiger partial charge >= 0.3 is 0 Å². The Morgan fingerprint density at radius 2 is 2.00 bits per heavy atom. The zero-order valence-electron chi connectivity index (χ0n) is 17.6. The molecule has 30 heavy (non-hydrogen) atoms. The summed E-state index contributed by atoms with van der Waals surface area (Å²) in [6, 6.07) is 16.1. The summed E-state index contributed by atoms with van der Waals surface area (Å²) in [6.07, 6.45) is 2.96. The number of carbonyl (C=O) groups excluding carboxylic acids is 1. The SMILES string of the molecule is CC(C)(C)C1CCc2c(sc(NC(=O)COc3ccc4ccccc4c3)c2C#N)C1. The average molecular weight is 419 g/mol. The van der Waals surface area contributed by atoms with Crippen molar-refractivity contribution in [2.45, 2.75) is 40.0 Å². The van der Waals surface area contributed by atoms with Gasteiger partial charge in [-0.3, -0.25) is 4.79 Å². The summed E-state index contributed by atoms with van der Waals surface area (Å²) in [5.74, 6) is 1.00. The molecule has 1 atom stereocenters. The fraction of sp³-hybridized carbons (Fsp3) is 0.360. The molecule has 1 unspecified atom stereocenters. The standard InChI is InChI=1S/C25H26N2O2S/c1-25(2,3)18-9-11-20-21(14-26)24(30-22(20)13-18)27-23(28)15-29-19-10-8-16-6-4-5-7-17(16)12-19/h4-8,10,12,18H,9,11,13,15H2,1-3H3,(H,27,28). The number of rotatable bonds is 4. The largest absolute Gasteiger partial charge is 0.484 e. The van der Waals surface area contributed by atoms with Crippen LogP contribution in [0.5, 0.6) is 5.75 Å². The zero-order chi connectivity index (χ0) is 21.3. The molecule has 2 aromatic carbocycles. The molecule has 0 spiro atoms. The number of hydrogen-bond donors (Lipinski definition) is 1. The molecule has 0 bridgehead atoms. The summed E-state index contributed by atoms with van der Waals surface area (Å²) in [5.41, 5.74) is 1.99. The van der Waals surface area contributed by atoms with Gasteiger partial charge in [0, 0.05) is 4.88 Å². The van der Waals surface area contributed by atoms with Crippen LogP contribution in [-0.2, 0) is 17.6 Å². The molecule has 1 aliphatic rings. The van der Waals surface area contributed by atoms with E-state index >= 15 is 0 Å². The molecule has 1 N–H and O–H groups in total. The van der Waals surface area contributed by atoms with Crippen LogP contribution in [0.4, 0.5) is 5.00 Å². The molecule has 3 aromatic rings. The molecule has 0 saturated carbocycles. The molecule has 1 aromatic heterocycles. The summed E-state index contributed by atoms with van der Waals surface area (Å²) >= 11 is 1.55. The minimum absolute atomic E-state index is 0.0869. The van der Waals surface area contributed by atoms with Gasteiger partial charge in [0.15, 0.2) is 6.61 Å². The van der Waals surface area contributed by atoms with Crippen molar-refractivity contribution >= 4 is 33.0 Å². The van der Waals surface area contributed by atoms with Gasteiger partial charge in [0.25, 0.3) is 5.91 Å². The van der Waals surface area contributed by atoms with Gasteiger partial charge in [-0.1, -0.05) is 51.1 Å². The van der Waals surface area contributed by atoms with E-state index in [0.717, 1.165) is 35.6 Å². The first kappa shape index (κ1) is 20.4. The Balaban J connectivity index is 1.44. The number of ether oxygens (including phenoxy) is 1. The lowest BCUT2D eigenvalue weighted by Gasteiger charge is -2.33. The highest BCUT2D eigenvalue weighted by Gasteiger charge is 2.32. The Labute approximate surface area is 181 Å². The van der Waals surface area contributed by atoms with Crippen LogP contribution in [0, 0.1) is 22.7 Å². The van der Waals surface area contributed by atoms with E-state index in [1.807, 2.05) is 42.5 Å². The van der Waals surface area contributed by atoms with E-state index in [1.54, 1.807) is 11.3 Å². The maximum atomic E-state index is 12.5. The number of carbonyl (C=O) groups is 1. The Kier molecular flexibility index (Phi) is 5.53. The van der Waals surface area contributed by atoms with Crippen LogP contribution in [0.3, 0.4) is 0 Å². The molecule has 154 valence electrons. The number of nitrogens with zero attached hydrogens (tertiary/aromatic N) is 1. The molecule has 0 radical (unpaired) electrons. The molecule has 4 nitrogen and oxygen atoms in total. The van der Waals surface area contributed by atoms with Crippen molar-refractivity contribution in [1.29, 1.82) is 5.26 Å². The van der Waals surface area contributed by atoms with E-state index < -0.39 is 0 Å². The number of hydrogen-bond acceptors (Lipinski definition) is 4. The number of thiophene rings is 1. The topological polar surface area (TPSA) is 62.1 Å². The first-order valence-corrected chi connectivity index (χ1v) is 11.1. The first-order chi connectivity index (χ1) is 14.3. The van der Waals surface area contributed by atoms with Crippen LogP contribution in [0.25, 0.3) is 10.8 Å². The smallest absolute Gasteiger partial charge is 0.262 e. The van der Waals surface area contributed by atoms with Crippen LogP contribution in [0.1, 0.15) is 43.2 Å². The van der Waals surface area contributed by atoms with E-state index in [4.69, 9.17) is 4.74 Å². The lowest BCUT2D eigenvalue weighted by molar-refractivity contribution is -0.118. The quantitative estimate of drug-likeness (QED) is 0.570. The van der Waals surface area contributed by atoms with Gasteiger partial charge in [-0.2, -0.15) is 5.26 Å². The first-order valence-electron chi connectivity index (χ1n) is 10.3. The summed E-state index contributed by atoms with van der Waals surface area (Å²) in [6.45, 7) is 6.73. The maximum absolute atomic E-state index is 12.5. The molecule has 5 heteroatoms. The second-order valence-corrected chi connectivity index (χ2v) is 10.1. The minimum Gasteiger partial charge on any atom is -0.484 e. The van der Waals surface area contributed by atoms with Crippen molar-refractivity contribution < 1.29 is 9.53 Å². The average Bonchev–Trinajstić information content (AvgIpc) is 3.07. The predicted octanol–water partition coefficient (Wildman–Crippen LogP) is 5.94. The Hall–Kier alpha value is -2.84. The predicted molar refractivity (Wildman–Crippen MR) is 122 cm³/mol. The van der Waals surface area contributed by atoms with Crippen molar-refractivity contribution in [1.82, 2.24) is 0 Å². The van der Waals surface area contributed by atoms with Gasteiger partial charge in [-0.05, 0) is 59.1 Å². The van der Waals surface area contributed by atoms with Crippen LogP contribution >= 0.6 is 11.3 Å². The molecule has 1 amide bonds. The van der Waals surface area contributed by atoms with Crippen molar-refractivity contribution in [2.24, 2.45) is 11.3 Å². The van der Waals surface area contributed by atoms with Crippen LogP contribution in [0.15, 0.2) is 42.5 Å². The normalized spacial score (nSPS) is 16.0. The van der Waals surface area contributed by atoms with Crippen molar-refractivity contribution in [3.8, 4) is 11.8 Å². The third-order valence-corrected chi connectivity index (χ3v) is 7.12. The van der Waals surface area contributed by atoms with Gasteiger partial charge in [0.2, 0.25) is 0 Å². The summed E-state index contributed by atoms with van der Waals surface area (Å²) in [5, 5.41) is 15.5. The fourth-order valence-electron chi connectivity index (χ4n) is 4.10. The fourth-order valence-corrected chi connectivity index (χ4v) is 5.39. The van der Waals surface area contributed by atoms with E-state index in [2.05, 4.69) is 32.2 Å². The Bertz CT molecular complexity index is 1130. The molecular weight excluding hydrogens is 392 g/mol.